The van der Waals surface area contributed by atoms with Gasteiger partial charge in [0.15, 0.2) is 0 Å². The molecule has 1 aliphatic rings. The summed E-state index contributed by atoms with van der Waals surface area (Å²) in [5, 5.41) is 0. The number of rotatable bonds is 3. The third-order valence-electron chi connectivity index (χ3n) is 3.80. The number of fused-ring (bicyclic) bond motifs is 1. The molecule has 0 fully saturated rings. The molecule has 0 bridgehead atoms. The van der Waals surface area contributed by atoms with E-state index in [1.54, 1.807) is 24.3 Å². The molecular formula is C17H18BrNO3S. The molecule has 0 aromatic heterocycles. The van der Waals surface area contributed by atoms with Gasteiger partial charge in [-0.2, -0.15) is 0 Å². The van der Waals surface area contributed by atoms with E-state index in [1.165, 1.54) is 0 Å². The van der Waals surface area contributed by atoms with Crippen molar-refractivity contribution < 1.29 is 13.2 Å². The Bertz CT molecular complexity index is 816. The number of halogens is 1. The summed E-state index contributed by atoms with van der Waals surface area (Å²) in [6.45, 7) is 3.92. The molecule has 0 saturated heterocycles. The number of benzene rings is 2. The van der Waals surface area contributed by atoms with Crippen LogP contribution in [0.3, 0.4) is 0 Å². The van der Waals surface area contributed by atoms with Crippen molar-refractivity contribution in [2.75, 3.05) is 0 Å². The molecule has 4 nitrogen and oxygen atoms in total. The maximum Gasteiger partial charge on any atom is 0.241 e. The first kappa shape index (κ1) is 16.5. The summed E-state index contributed by atoms with van der Waals surface area (Å²) in [4.78, 5) is 0.252. The molecule has 23 heavy (non-hydrogen) atoms. The first-order chi connectivity index (χ1) is 10.8. The fourth-order valence-electron chi connectivity index (χ4n) is 2.78. The van der Waals surface area contributed by atoms with Crippen LogP contribution in [-0.2, 0) is 10.0 Å². The summed E-state index contributed by atoms with van der Waals surface area (Å²) in [5.74, 6) is 0.729. The van der Waals surface area contributed by atoms with Crippen molar-refractivity contribution in [3.05, 3.63) is 58.6 Å². The van der Waals surface area contributed by atoms with Gasteiger partial charge in [-0.05, 0) is 44.2 Å². The average molecular weight is 396 g/mol. The van der Waals surface area contributed by atoms with Crippen LogP contribution in [0.5, 0.6) is 5.75 Å². The zero-order valence-electron chi connectivity index (χ0n) is 12.9. The summed E-state index contributed by atoms with van der Waals surface area (Å²) in [6, 6.07) is 13.8. The molecule has 0 saturated carbocycles. The highest BCUT2D eigenvalue weighted by Crippen LogP contribution is 2.39. The fraction of sp³-hybridized carbons (Fsp3) is 0.294. The average Bonchev–Trinajstić information content (AvgIpc) is 2.46. The summed E-state index contributed by atoms with van der Waals surface area (Å²) in [6.07, 6.45) is 0.569. The van der Waals surface area contributed by atoms with Crippen LogP contribution in [0.2, 0.25) is 0 Å². The highest BCUT2D eigenvalue weighted by Gasteiger charge is 2.35. The molecule has 1 atom stereocenters. The molecule has 0 radical (unpaired) electrons. The van der Waals surface area contributed by atoms with Crippen molar-refractivity contribution in [3.8, 4) is 5.75 Å². The third-order valence-corrected chi connectivity index (χ3v) is 5.81. The fourth-order valence-corrected chi connectivity index (χ4v) is 4.26. The van der Waals surface area contributed by atoms with Crippen LogP contribution in [0, 0.1) is 0 Å². The second-order valence-corrected chi connectivity index (χ2v) is 8.86. The van der Waals surface area contributed by atoms with E-state index in [2.05, 4.69) is 20.7 Å². The smallest absolute Gasteiger partial charge is 0.241 e. The molecule has 1 aliphatic heterocycles. The number of para-hydroxylation sites is 1. The Morgan fingerprint density at radius 3 is 2.48 bits per heavy atom. The minimum Gasteiger partial charge on any atom is -0.487 e. The van der Waals surface area contributed by atoms with Crippen molar-refractivity contribution in [1.29, 1.82) is 0 Å². The van der Waals surface area contributed by atoms with Crippen LogP contribution in [0.25, 0.3) is 0 Å². The van der Waals surface area contributed by atoms with Gasteiger partial charge < -0.3 is 4.74 Å². The maximum absolute atomic E-state index is 12.7. The lowest BCUT2D eigenvalue weighted by molar-refractivity contribution is 0.0702. The molecule has 3 rings (SSSR count). The van der Waals surface area contributed by atoms with E-state index in [1.807, 2.05) is 38.1 Å². The highest BCUT2D eigenvalue weighted by molar-refractivity contribution is 9.10. The molecular weight excluding hydrogens is 378 g/mol. The van der Waals surface area contributed by atoms with Gasteiger partial charge in [0.25, 0.3) is 0 Å². The van der Waals surface area contributed by atoms with Gasteiger partial charge in [-0.15, -0.1) is 0 Å². The number of hydrogen-bond acceptors (Lipinski definition) is 3. The van der Waals surface area contributed by atoms with Crippen molar-refractivity contribution >= 4 is 26.0 Å². The normalized spacial score (nSPS) is 19.7. The van der Waals surface area contributed by atoms with E-state index < -0.39 is 15.6 Å². The summed E-state index contributed by atoms with van der Waals surface area (Å²) in [7, 11) is -3.60. The molecule has 6 heteroatoms. The van der Waals surface area contributed by atoms with E-state index in [-0.39, 0.29) is 10.9 Å². The predicted octanol–water partition coefficient (Wildman–Crippen LogP) is 4.03. The van der Waals surface area contributed by atoms with Crippen LogP contribution in [0.1, 0.15) is 31.9 Å². The lowest BCUT2D eigenvalue weighted by Crippen LogP contribution is -2.41. The van der Waals surface area contributed by atoms with Crippen LogP contribution in [0.15, 0.2) is 57.9 Å². The van der Waals surface area contributed by atoms with Crippen LogP contribution in [-0.4, -0.2) is 14.0 Å². The SMILES string of the molecule is CC1(C)C[C@@H](NS(=O)(=O)c2ccc(Br)cc2)c2ccccc2O1. The van der Waals surface area contributed by atoms with Gasteiger partial charge in [0, 0.05) is 16.5 Å². The minimum absolute atomic E-state index is 0.252. The van der Waals surface area contributed by atoms with Gasteiger partial charge in [-0.25, -0.2) is 13.1 Å². The maximum atomic E-state index is 12.7. The number of ether oxygens (including phenoxy) is 1. The second-order valence-electron chi connectivity index (χ2n) is 6.23. The molecule has 0 spiro atoms. The van der Waals surface area contributed by atoms with Gasteiger partial charge >= 0.3 is 0 Å². The Kier molecular flexibility index (Phi) is 4.25. The summed E-state index contributed by atoms with van der Waals surface area (Å²) >= 11 is 3.32. The first-order valence-corrected chi connectivity index (χ1v) is 9.60. The lowest BCUT2D eigenvalue weighted by Gasteiger charge is -2.37. The largest absolute Gasteiger partial charge is 0.487 e. The van der Waals surface area contributed by atoms with Crippen LogP contribution in [0.4, 0.5) is 0 Å². The molecule has 0 aliphatic carbocycles. The summed E-state index contributed by atoms with van der Waals surface area (Å²) in [5.41, 5.74) is 0.439. The Morgan fingerprint density at radius 2 is 1.78 bits per heavy atom. The Hall–Kier alpha value is -1.37. The van der Waals surface area contributed by atoms with Gasteiger partial charge in [0.05, 0.1) is 10.9 Å². The zero-order valence-corrected chi connectivity index (χ0v) is 15.3. The minimum atomic E-state index is -3.60. The molecule has 122 valence electrons. The zero-order chi connectivity index (χ0) is 16.7. The monoisotopic (exact) mass is 395 g/mol. The van der Waals surface area contributed by atoms with Gasteiger partial charge in [0.1, 0.15) is 11.4 Å². The molecule has 1 heterocycles. The van der Waals surface area contributed by atoms with E-state index in [0.717, 1.165) is 15.8 Å². The lowest BCUT2D eigenvalue weighted by atomic mass is 9.90. The Morgan fingerprint density at radius 1 is 1.13 bits per heavy atom. The third kappa shape index (κ3) is 3.59. The number of sulfonamides is 1. The Labute approximate surface area is 145 Å². The number of nitrogens with one attached hydrogen (secondary N) is 1. The van der Waals surface area contributed by atoms with Crippen LogP contribution < -0.4 is 9.46 Å². The summed E-state index contributed by atoms with van der Waals surface area (Å²) < 4.78 is 34.9. The standard InChI is InChI=1S/C17H18BrNO3S/c1-17(2)11-15(14-5-3-4-6-16(14)22-17)19-23(20,21)13-9-7-12(18)8-10-13/h3-10,15,19H,11H2,1-2H3/t15-/m1/s1. The van der Waals surface area contributed by atoms with Crippen LogP contribution >= 0.6 is 15.9 Å². The van der Waals surface area contributed by atoms with Crippen molar-refractivity contribution in [3.63, 3.8) is 0 Å². The second kappa shape index (κ2) is 5.92. The van der Waals surface area contributed by atoms with Gasteiger partial charge in [-0.3, -0.25) is 0 Å². The van der Waals surface area contributed by atoms with E-state index in [4.69, 9.17) is 4.74 Å². The predicted molar refractivity (Wildman–Crippen MR) is 93.0 cm³/mol. The molecule has 2 aromatic carbocycles. The quantitative estimate of drug-likeness (QED) is 0.853. The molecule has 1 N–H and O–H groups in total. The first-order valence-electron chi connectivity index (χ1n) is 7.33. The van der Waals surface area contributed by atoms with Gasteiger partial charge in [0.2, 0.25) is 10.0 Å². The molecule has 0 amide bonds. The highest BCUT2D eigenvalue weighted by atomic mass is 79.9. The Balaban J connectivity index is 1.94. The van der Waals surface area contributed by atoms with E-state index in [0.29, 0.717) is 6.42 Å². The van der Waals surface area contributed by atoms with Crippen molar-refractivity contribution in [2.45, 2.75) is 36.8 Å². The van der Waals surface area contributed by atoms with Crippen molar-refractivity contribution in [2.24, 2.45) is 0 Å². The van der Waals surface area contributed by atoms with Crippen molar-refractivity contribution in [1.82, 2.24) is 4.72 Å². The number of hydrogen-bond donors (Lipinski definition) is 1. The molecule has 0 unspecified atom stereocenters. The van der Waals surface area contributed by atoms with Gasteiger partial charge in [-0.1, -0.05) is 34.1 Å². The van der Waals surface area contributed by atoms with E-state index >= 15 is 0 Å². The molecule has 2 aromatic rings. The van der Waals surface area contributed by atoms with E-state index in [9.17, 15) is 8.42 Å². The topological polar surface area (TPSA) is 55.4 Å².